The molecule has 0 aliphatic carbocycles. The van der Waals surface area contributed by atoms with Gasteiger partial charge in [-0.25, -0.2) is 9.37 Å². The first-order valence-corrected chi connectivity index (χ1v) is 9.96. The molecule has 1 aromatic heterocycles. The lowest BCUT2D eigenvalue weighted by Crippen LogP contribution is -2.54. The van der Waals surface area contributed by atoms with Gasteiger partial charge < -0.3 is 9.80 Å². The van der Waals surface area contributed by atoms with E-state index in [2.05, 4.69) is 27.1 Å². The zero-order valence-corrected chi connectivity index (χ0v) is 15.5. The van der Waals surface area contributed by atoms with E-state index < -0.39 is 0 Å². The summed E-state index contributed by atoms with van der Waals surface area (Å²) >= 11 is 1.69. The monoisotopic (exact) mass is 360 g/mol. The molecule has 0 bridgehead atoms. The van der Waals surface area contributed by atoms with Crippen LogP contribution in [0.4, 0.5) is 9.52 Å². The van der Waals surface area contributed by atoms with Crippen LogP contribution in [0.15, 0.2) is 29.6 Å². The van der Waals surface area contributed by atoms with Crippen LogP contribution < -0.4 is 4.90 Å². The van der Waals surface area contributed by atoms with E-state index in [1.165, 1.54) is 38.1 Å². The van der Waals surface area contributed by atoms with Crippen molar-refractivity contribution in [2.24, 2.45) is 0 Å². The van der Waals surface area contributed by atoms with Crippen LogP contribution in [0, 0.1) is 5.82 Å². The van der Waals surface area contributed by atoms with Crippen molar-refractivity contribution in [3.8, 4) is 11.3 Å². The van der Waals surface area contributed by atoms with Crippen LogP contribution in [0.2, 0.25) is 0 Å². The molecule has 0 saturated carbocycles. The van der Waals surface area contributed by atoms with E-state index in [0.717, 1.165) is 42.6 Å². The minimum atomic E-state index is -0.205. The van der Waals surface area contributed by atoms with Gasteiger partial charge in [-0.15, -0.1) is 11.3 Å². The largest absolute Gasteiger partial charge is 0.346 e. The number of thiazole rings is 1. The Bertz CT molecular complexity index is 694. The second-order valence-electron chi connectivity index (χ2n) is 7.10. The summed E-state index contributed by atoms with van der Waals surface area (Å²) in [6.07, 6.45) is 2.64. The standard InChI is InChI=1S/C19H25FN4S/c1-22-8-2-3-17(13-22)23-9-11-24(12-10-23)19-21-18(14-25-19)15-4-6-16(20)7-5-15/h4-7,14,17H,2-3,8-13H2,1H3. The Morgan fingerprint density at radius 3 is 2.56 bits per heavy atom. The van der Waals surface area contributed by atoms with Crippen LogP contribution in [0.3, 0.4) is 0 Å². The Hall–Kier alpha value is -1.50. The molecule has 0 radical (unpaired) electrons. The number of hydrogen-bond donors (Lipinski definition) is 0. The third-order valence-electron chi connectivity index (χ3n) is 5.33. The lowest BCUT2D eigenvalue weighted by atomic mass is 10.0. The highest BCUT2D eigenvalue weighted by molar-refractivity contribution is 7.14. The lowest BCUT2D eigenvalue weighted by Gasteiger charge is -2.42. The van der Waals surface area contributed by atoms with Crippen molar-refractivity contribution in [1.82, 2.24) is 14.8 Å². The fraction of sp³-hybridized carbons (Fsp3) is 0.526. The molecule has 2 aromatic rings. The second-order valence-corrected chi connectivity index (χ2v) is 7.94. The molecule has 2 aliphatic heterocycles. The number of anilines is 1. The first-order chi connectivity index (χ1) is 12.2. The maximum atomic E-state index is 13.1. The van der Waals surface area contributed by atoms with Crippen LogP contribution in [0.1, 0.15) is 12.8 Å². The maximum absolute atomic E-state index is 13.1. The Morgan fingerprint density at radius 1 is 1.08 bits per heavy atom. The molecule has 0 spiro atoms. The molecule has 134 valence electrons. The van der Waals surface area contributed by atoms with Gasteiger partial charge in [-0.1, -0.05) is 0 Å². The van der Waals surface area contributed by atoms with Crippen molar-refractivity contribution >= 4 is 16.5 Å². The quantitative estimate of drug-likeness (QED) is 0.838. The summed E-state index contributed by atoms with van der Waals surface area (Å²) in [4.78, 5) is 12.3. The fourth-order valence-corrected chi connectivity index (χ4v) is 4.77. The van der Waals surface area contributed by atoms with Crippen molar-refractivity contribution in [3.63, 3.8) is 0 Å². The van der Waals surface area contributed by atoms with E-state index in [1.54, 1.807) is 23.5 Å². The van der Waals surface area contributed by atoms with Crippen LogP contribution in [-0.2, 0) is 0 Å². The molecule has 1 unspecified atom stereocenters. The summed E-state index contributed by atoms with van der Waals surface area (Å²) in [6, 6.07) is 7.30. The minimum absolute atomic E-state index is 0.205. The highest BCUT2D eigenvalue weighted by Gasteiger charge is 2.27. The SMILES string of the molecule is CN1CCCC(N2CCN(c3nc(-c4ccc(F)cc4)cs3)CC2)C1. The van der Waals surface area contributed by atoms with Gasteiger partial charge in [0.1, 0.15) is 5.82 Å². The number of halogens is 1. The average Bonchev–Trinajstić information content (AvgIpc) is 3.13. The number of piperidine rings is 1. The topological polar surface area (TPSA) is 22.6 Å². The number of benzene rings is 1. The number of likely N-dealkylation sites (tertiary alicyclic amines) is 1. The number of nitrogens with zero attached hydrogens (tertiary/aromatic N) is 4. The highest BCUT2D eigenvalue weighted by Crippen LogP contribution is 2.28. The molecule has 0 amide bonds. The molecule has 4 rings (SSSR count). The molecule has 0 N–H and O–H groups in total. The van der Waals surface area contributed by atoms with Crippen molar-refractivity contribution in [3.05, 3.63) is 35.5 Å². The first kappa shape index (κ1) is 16.9. The number of hydrogen-bond acceptors (Lipinski definition) is 5. The Balaban J connectivity index is 1.37. The Morgan fingerprint density at radius 2 is 1.84 bits per heavy atom. The molecule has 25 heavy (non-hydrogen) atoms. The number of rotatable bonds is 3. The normalized spacial score (nSPS) is 23.1. The zero-order chi connectivity index (χ0) is 17.2. The molecule has 6 heteroatoms. The molecule has 1 atom stereocenters. The van der Waals surface area contributed by atoms with E-state index in [4.69, 9.17) is 4.98 Å². The summed E-state index contributed by atoms with van der Waals surface area (Å²) in [5.74, 6) is -0.205. The van der Waals surface area contributed by atoms with Gasteiger partial charge in [-0.2, -0.15) is 0 Å². The molecule has 3 heterocycles. The Labute approximate surface area is 152 Å². The molecule has 2 fully saturated rings. The van der Waals surface area contributed by atoms with Gasteiger partial charge >= 0.3 is 0 Å². The first-order valence-electron chi connectivity index (χ1n) is 9.08. The molecular formula is C19H25FN4S. The third kappa shape index (κ3) is 3.86. The predicted octanol–water partition coefficient (Wildman–Crippen LogP) is 3.17. The minimum Gasteiger partial charge on any atom is -0.346 e. The van der Waals surface area contributed by atoms with E-state index in [1.807, 2.05) is 0 Å². The molecular weight excluding hydrogens is 335 g/mol. The van der Waals surface area contributed by atoms with Crippen molar-refractivity contribution in [2.45, 2.75) is 18.9 Å². The van der Waals surface area contributed by atoms with Crippen molar-refractivity contribution in [1.29, 1.82) is 0 Å². The van der Waals surface area contributed by atoms with Gasteiger partial charge in [0.05, 0.1) is 5.69 Å². The van der Waals surface area contributed by atoms with Crippen LogP contribution in [0.25, 0.3) is 11.3 Å². The molecule has 2 aliphatic rings. The molecule has 2 saturated heterocycles. The van der Waals surface area contributed by atoms with E-state index in [9.17, 15) is 4.39 Å². The summed E-state index contributed by atoms with van der Waals surface area (Å²) in [6.45, 7) is 6.74. The van der Waals surface area contributed by atoms with Gasteiger partial charge in [0, 0.05) is 49.7 Å². The third-order valence-corrected chi connectivity index (χ3v) is 6.23. The summed E-state index contributed by atoms with van der Waals surface area (Å²) in [5, 5.41) is 3.16. The van der Waals surface area contributed by atoms with Gasteiger partial charge in [0.15, 0.2) is 5.13 Å². The smallest absolute Gasteiger partial charge is 0.185 e. The summed E-state index contributed by atoms with van der Waals surface area (Å²) < 4.78 is 13.1. The second kappa shape index (κ2) is 7.40. The van der Waals surface area contributed by atoms with Gasteiger partial charge in [0.25, 0.3) is 0 Å². The number of aromatic nitrogens is 1. The van der Waals surface area contributed by atoms with Gasteiger partial charge in [0.2, 0.25) is 0 Å². The average molecular weight is 361 g/mol. The molecule has 1 aromatic carbocycles. The molecule has 4 nitrogen and oxygen atoms in total. The lowest BCUT2D eigenvalue weighted by molar-refractivity contribution is 0.106. The summed E-state index contributed by atoms with van der Waals surface area (Å²) in [7, 11) is 2.23. The predicted molar refractivity (Wildman–Crippen MR) is 102 cm³/mol. The Kier molecular flexibility index (Phi) is 5.01. The number of likely N-dealkylation sites (N-methyl/N-ethyl adjacent to an activating group) is 1. The fourth-order valence-electron chi connectivity index (χ4n) is 3.88. The van der Waals surface area contributed by atoms with Crippen LogP contribution in [-0.4, -0.2) is 67.1 Å². The number of piperazine rings is 1. The maximum Gasteiger partial charge on any atom is 0.185 e. The van der Waals surface area contributed by atoms with E-state index >= 15 is 0 Å². The summed E-state index contributed by atoms with van der Waals surface area (Å²) in [5.41, 5.74) is 1.92. The van der Waals surface area contributed by atoms with E-state index in [-0.39, 0.29) is 5.82 Å². The highest BCUT2D eigenvalue weighted by atomic mass is 32.1. The van der Waals surface area contributed by atoms with Gasteiger partial charge in [-0.3, -0.25) is 4.90 Å². The van der Waals surface area contributed by atoms with Crippen LogP contribution >= 0.6 is 11.3 Å². The van der Waals surface area contributed by atoms with Crippen LogP contribution in [0.5, 0.6) is 0 Å². The van der Waals surface area contributed by atoms with Crippen molar-refractivity contribution in [2.75, 3.05) is 51.2 Å². The van der Waals surface area contributed by atoms with Crippen molar-refractivity contribution < 1.29 is 4.39 Å². The van der Waals surface area contributed by atoms with Gasteiger partial charge in [-0.05, 0) is 50.7 Å². The van der Waals surface area contributed by atoms with E-state index in [0.29, 0.717) is 6.04 Å². The zero-order valence-electron chi connectivity index (χ0n) is 14.7.